The number of thioether (sulfide) groups is 1. The first-order valence-corrected chi connectivity index (χ1v) is 7.28. The normalized spacial score (nSPS) is 26.9. The van der Waals surface area contributed by atoms with Crippen molar-refractivity contribution in [3.63, 3.8) is 0 Å². The van der Waals surface area contributed by atoms with Crippen molar-refractivity contribution in [3.8, 4) is 0 Å². The highest BCUT2D eigenvalue weighted by Gasteiger charge is 2.56. The highest BCUT2D eigenvalue weighted by atomic mass is 32.2. The zero-order chi connectivity index (χ0) is 14.9. The summed E-state index contributed by atoms with van der Waals surface area (Å²) in [5, 5.41) is 18.9. The van der Waals surface area contributed by atoms with Gasteiger partial charge in [0.2, 0.25) is 5.91 Å². The lowest BCUT2D eigenvalue weighted by atomic mass is 9.83. The van der Waals surface area contributed by atoms with Crippen LogP contribution in [0.25, 0.3) is 0 Å². The van der Waals surface area contributed by atoms with Gasteiger partial charge >= 0.3 is 5.97 Å². The van der Waals surface area contributed by atoms with Gasteiger partial charge in [-0.05, 0) is 6.92 Å². The number of amides is 1. The predicted molar refractivity (Wildman–Crippen MR) is 75.1 cm³/mol. The van der Waals surface area contributed by atoms with Crippen molar-refractivity contribution in [2.24, 2.45) is 16.6 Å². The second kappa shape index (κ2) is 5.84. The molecule has 0 spiro atoms. The van der Waals surface area contributed by atoms with E-state index in [0.29, 0.717) is 23.6 Å². The number of aliphatic carboxylic acids is 1. The molecule has 0 aromatic rings. The molecule has 1 amide bonds. The van der Waals surface area contributed by atoms with Crippen molar-refractivity contribution in [3.05, 3.63) is 10.6 Å². The number of hydrogen-bond acceptors (Lipinski definition) is 5. The lowest BCUT2D eigenvalue weighted by Crippen LogP contribution is -2.61. The number of carboxylic acid groups (broad SMARTS) is 1. The molecule has 0 bridgehead atoms. The van der Waals surface area contributed by atoms with Gasteiger partial charge in [0.25, 0.3) is 0 Å². The van der Waals surface area contributed by atoms with Crippen LogP contribution in [0.15, 0.2) is 15.6 Å². The van der Waals surface area contributed by atoms with E-state index in [1.54, 1.807) is 6.92 Å². The van der Waals surface area contributed by atoms with Gasteiger partial charge in [0.05, 0.1) is 30.9 Å². The molecule has 0 aliphatic carbocycles. The third-order valence-electron chi connectivity index (χ3n) is 3.49. The molecule has 0 aromatic carbocycles. The number of fused-ring (bicyclic) bond motifs is 1. The Morgan fingerprint density at radius 3 is 2.95 bits per heavy atom. The summed E-state index contributed by atoms with van der Waals surface area (Å²) in [6, 6.07) is -0.228. The summed E-state index contributed by atoms with van der Waals surface area (Å²) in [7, 11) is 0. The minimum Gasteiger partial charge on any atom is -0.477 e. The SMILES string of the molecule is C[C@@H](O)C1C(=O)N2C(C(=O)O)=C(SCCN=CN)C[C@H]12. The number of β-lactam (4-membered cyclic amide) rings is 1. The van der Waals surface area contributed by atoms with Crippen molar-refractivity contribution in [1.82, 2.24) is 4.90 Å². The first kappa shape index (κ1) is 14.9. The minimum atomic E-state index is -1.10. The number of aliphatic hydroxyl groups excluding tert-OH is 1. The number of aliphatic hydroxyl groups is 1. The predicted octanol–water partition coefficient (Wildman–Crippen LogP) is -0.386. The maximum Gasteiger partial charge on any atom is 0.353 e. The molecule has 1 saturated heterocycles. The van der Waals surface area contributed by atoms with Crippen LogP contribution in [0, 0.1) is 5.92 Å². The van der Waals surface area contributed by atoms with Gasteiger partial charge in [-0.2, -0.15) is 0 Å². The summed E-state index contributed by atoms with van der Waals surface area (Å²) in [6.45, 7) is 2.05. The number of carbonyl (C=O) groups is 2. The zero-order valence-corrected chi connectivity index (χ0v) is 11.8. The molecule has 1 fully saturated rings. The van der Waals surface area contributed by atoms with Crippen LogP contribution in [0.1, 0.15) is 13.3 Å². The van der Waals surface area contributed by atoms with E-state index in [2.05, 4.69) is 4.99 Å². The van der Waals surface area contributed by atoms with Crippen LogP contribution >= 0.6 is 11.8 Å². The van der Waals surface area contributed by atoms with Gasteiger partial charge in [-0.25, -0.2) is 4.79 Å². The molecule has 4 N–H and O–H groups in total. The van der Waals surface area contributed by atoms with E-state index in [0.717, 1.165) is 0 Å². The van der Waals surface area contributed by atoms with E-state index in [1.165, 1.54) is 23.0 Å². The number of nitrogens with zero attached hydrogens (tertiary/aromatic N) is 2. The number of hydrogen-bond donors (Lipinski definition) is 3. The van der Waals surface area contributed by atoms with Crippen LogP contribution in [0.5, 0.6) is 0 Å². The molecular formula is C12H17N3O4S. The van der Waals surface area contributed by atoms with Crippen molar-refractivity contribution in [2.75, 3.05) is 12.3 Å². The number of carboxylic acids is 1. The van der Waals surface area contributed by atoms with Crippen LogP contribution in [0.3, 0.4) is 0 Å². The number of aliphatic imine (C=N–C) groups is 1. The Bertz CT molecular complexity index is 489. The summed E-state index contributed by atoms with van der Waals surface area (Å²) in [6.07, 6.45) is 0.937. The van der Waals surface area contributed by atoms with E-state index in [-0.39, 0.29) is 17.6 Å². The molecule has 2 rings (SSSR count). The highest BCUT2D eigenvalue weighted by Crippen LogP contribution is 2.46. The van der Waals surface area contributed by atoms with Gasteiger partial charge in [0.15, 0.2) is 0 Å². The molecule has 0 aromatic heterocycles. The largest absolute Gasteiger partial charge is 0.477 e. The van der Waals surface area contributed by atoms with Crippen molar-refractivity contribution >= 4 is 30.0 Å². The second-order valence-electron chi connectivity index (χ2n) is 4.73. The second-order valence-corrected chi connectivity index (χ2v) is 5.92. The van der Waals surface area contributed by atoms with Crippen LogP contribution in [-0.4, -0.2) is 57.8 Å². The summed E-state index contributed by atoms with van der Waals surface area (Å²) < 4.78 is 0. The first-order valence-electron chi connectivity index (χ1n) is 6.29. The van der Waals surface area contributed by atoms with Crippen LogP contribution in [-0.2, 0) is 9.59 Å². The molecule has 0 radical (unpaired) electrons. The average Bonchev–Trinajstić information content (AvgIpc) is 2.69. The van der Waals surface area contributed by atoms with Crippen molar-refractivity contribution < 1.29 is 19.8 Å². The molecule has 1 unspecified atom stereocenters. The monoisotopic (exact) mass is 299 g/mol. The Morgan fingerprint density at radius 1 is 1.70 bits per heavy atom. The minimum absolute atomic E-state index is 0.0543. The molecule has 0 saturated carbocycles. The summed E-state index contributed by atoms with van der Waals surface area (Å²) in [5.41, 5.74) is 5.19. The molecule has 3 atom stereocenters. The molecule has 2 heterocycles. The van der Waals surface area contributed by atoms with Crippen LogP contribution < -0.4 is 5.73 Å². The maximum atomic E-state index is 11.9. The number of nitrogens with two attached hydrogens (primary N) is 1. The average molecular weight is 299 g/mol. The quantitative estimate of drug-likeness (QED) is 0.266. The Kier molecular flexibility index (Phi) is 4.34. The molecule has 110 valence electrons. The Balaban J connectivity index is 2.11. The smallest absolute Gasteiger partial charge is 0.353 e. The first-order chi connectivity index (χ1) is 9.49. The molecular weight excluding hydrogens is 282 g/mol. The van der Waals surface area contributed by atoms with Crippen LogP contribution in [0.4, 0.5) is 0 Å². The van der Waals surface area contributed by atoms with Gasteiger partial charge in [0.1, 0.15) is 5.70 Å². The molecule has 8 heteroatoms. The van der Waals surface area contributed by atoms with Gasteiger partial charge in [-0.15, -0.1) is 11.8 Å². The summed E-state index contributed by atoms with van der Waals surface area (Å²) >= 11 is 1.38. The van der Waals surface area contributed by atoms with Gasteiger partial charge in [-0.3, -0.25) is 9.79 Å². The Morgan fingerprint density at radius 2 is 2.40 bits per heavy atom. The van der Waals surface area contributed by atoms with E-state index in [4.69, 9.17) is 5.73 Å². The van der Waals surface area contributed by atoms with Crippen LogP contribution in [0.2, 0.25) is 0 Å². The third-order valence-corrected chi connectivity index (χ3v) is 4.59. The molecule has 20 heavy (non-hydrogen) atoms. The number of carbonyl (C=O) groups excluding carboxylic acids is 1. The van der Waals surface area contributed by atoms with E-state index < -0.39 is 18.0 Å². The molecule has 2 aliphatic heterocycles. The number of rotatable bonds is 6. The fourth-order valence-electron chi connectivity index (χ4n) is 2.66. The highest BCUT2D eigenvalue weighted by molar-refractivity contribution is 8.03. The maximum absolute atomic E-state index is 11.9. The molecule has 7 nitrogen and oxygen atoms in total. The standard InChI is InChI=1S/C12H17N3O4S/c1-6(16)9-7-4-8(20-3-2-14-5-13)10(12(18)19)15(7)11(9)17/h5-7,9,16H,2-4H2,1H3,(H2,13,14)(H,18,19)/t6-,7-,9?/m1/s1. The van der Waals surface area contributed by atoms with Crippen molar-refractivity contribution in [2.45, 2.75) is 25.5 Å². The van der Waals surface area contributed by atoms with E-state index >= 15 is 0 Å². The van der Waals surface area contributed by atoms with E-state index in [1.807, 2.05) is 0 Å². The van der Waals surface area contributed by atoms with Gasteiger partial charge < -0.3 is 20.8 Å². The van der Waals surface area contributed by atoms with Crippen molar-refractivity contribution in [1.29, 1.82) is 0 Å². The summed E-state index contributed by atoms with van der Waals surface area (Å²) in [4.78, 5) is 29.1. The fraction of sp³-hybridized carbons (Fsp3) is 0.583. The molecule has 2 aliphatic rings. The topological polar surface area (TPSA) is 116 Å². The fourth-order valence-corrected chi connectivity index (χ4v) is 3.71. The van der Waals surface area contributed by atoms with E-state index in [9.17, 15) is 19.8 Å². The lowest BCUT2D eigenvalue weighted by Gasteiger charge is -2.44. The Hall–Kier alpha value is -1.54. The lowest BCUT2D eigenvalue weighted by molar-refractivity contribution is -0.161. The third kappa shape index (κ3) is 2.40. The van der Waals surface area contributed by atoms with Gasteiger partial charge in [0, 0.05) is 17.1 Å². The van der Waals surface area contributed by atoms with Gasteiger partial charge in [-0.1, -0.05) is 0 Å². The zero-order valence-electron chi connectivity index (χ0n) is 11.0. The summed E-state index contributed by atoms with van der Waals surface area (Å²) in [5.74, 6) is -1.30. The Labute approximate surface area is 120 Å².